The first-order valence-corrected chi connectivity index (χ1v) is 19.1. The average Bonchev–Trinajstić information content (AvgIpc) is 3.42. The predicted octanol–water partition coefficient (Wildman–Crippen LogP) is 9.11. The van der Waals surface area contributed by atoms with Gasteiger partial charge in [0.05, 0.1) is 12.7 Å². The molecule has 0 amide bonds. The van der Waals surface area contributed by atoms with E-state index in [0.29, 0.717) is 41.8 Å². The van der Waals surface area contributed by atoms with Gasteiger partial charge in [-0.2, -0.15) is 0 Å². The van der Waals surface area contributed by atoms with Crippen molar-refractivity contribution in [3.63, 3.8) is 0 Å². The van der Waals surface area contributed by atoms with Crippen LogP contribution in [0, 0.1) is 56.7 Å². The summed E-state index contributed by atoms with van der Waals surface area (Å²) >= 11 is 0. The van der Waals surface area contributed by atoms with Crippen LogP contribution in [-0.2, 0) is 19.1 Å². The van der Waals surface area contributed by atoms with Crippen LogP contribution >= 0.6 is 0 Å². The van der Waals surface area contributed by atoms with Gasteiger partial charge in [0.15, 0.2) is 11.5 Å². The van der Waals surface area contributed by atoms with Gasteiger partial charge in [0.25, 0.3) is 0 Å². The van der Waals surface area contributed by atoms with Crippen molar-refractivity contribution in [1.82, 2.24) is 0 Å². The number of rotatable bonds is 7. The van der Waals surface area contributed by atoms with Gasteiger partial charge >= 0.3 is 17.9 Å². The number of fused-ring (bicyclic) bond motifs is 7. The Kier molecular flexibility index (Phi) is 9.53. The molecule has 7 heteroatoms. The number of allylic oxidation sites excluding steroid dienone is 1. The number of hydrogen-bond donors (Lipinski definition) is 1. The van der Waals surface area contributed by atoms with Crippen molar-refractivity contribution in [2.75, 3.05) is 6.61 Å². The van der Waals surface area contributed by atoms with Crippen LogP contribution in [0.4, 0.5) is 0 Å². The zero-order valence-corrected chi connectivity index (χ0v) is 31.7. The lowest BCUT2D eigenvalue weighted by Gasteiger charge is -2.73. The Bertz CT molecular complexity index is 1570. The summed E-state index contributed by atoms with van der Waals surface area (Å²) in [6, 6.07) is 4.81. The highest BCUT2D eigenvalue weighted by Crippen LogP contribution is 2.77. The molecule has 0 spiro atoms. The SMILES string of the molecule is C=C(C)[C@@H]1CC[C@]2(COC(=O)C=Cc3ccc(OC(C)=O)c(OC(C)=O)c3)CC[C@]3(C)[C@H](CC[C@@H]4[C@@]5(C)CC[C@H](O)C(C)(C)[C@@H]5CC[C@]43C)[C@@H]12. The summed E-state index contributed by atoms with van der Waals surface area (Å²) in [6.07, 6.45) is 14.1. The highest BCUT2D eigenvalue weighted by molar-refractivity contribution is 5.87. The van der Waals surface area contributed by atoms with Crippen LogP contribution in [-0.4, -0.2) is 35.7 Å². The van der Waals surface area contributed by atoms with Crippen molar-refractivity contribution in [3.8, 4) is 11.5 Å². The zero-order chi connectivity index (χ0) is 36.4. The third kappa shape index (κ3) is 5.87. The number of carbonyl (C=O) groups excluding carboxylic acids is 3. The Morgan fingerprint density at radius 3 is 2.20 bits per heavy atom. The first-order valence-electron chi connectivity index (χ1n) is 19.1. The third-order valence-corrected chi connectivity index (χ3v) is 15.6. The molecule has 0 aromatic heterocycles. The molecule has 0 heterocycles. The minimum atomic E-state index is -0.539. The average molecular weight is 689 g/mol. The van der Waals surface area contributed by atoms with Crippen molar-refractivity contribution in [2.45, 2.75) is 126 Å². The molecule has 50 heavy (non-hydrogen) atoms. The lowest BCUT2D eigenvalue weighted by atomic mass is 9.32. The topological polar surface area (TPSA) is 99.1 Å². The van der Waals surface area contributed by atoms with Crippen LogP contribution in [0.25, 0.3) is 6.08 Å². The van der Waals surface area contributed by atoms with Crippen molar-refractivity contribution < 1.29 is 33.7 Å². The van der Waals surface area contributed by atoms with E-state index < -0.39 is 17.9 Å². The molecule has 6 rings (SSSR count). The highest BCUT2D eigenvalue weighted by atomic mass is 16.6. The van der Waals surface area contributed by atoms with E-state index in [9.17, 15) is 19.5 Å². The van der Waals surface area contributed by atoms with Crippen LogP contribution in [0.1, 0.15) is 125 Å². The third-order valence-electron chi connectivity index (χ3n) is 15.6. The van der Waals surface area contributed by atoms with Crippen molar-refractivity contribution >= 4 is 24.0 Å². The van der Waals surface area contributed by atoms with Crippen molar-refractivity contribution in [2.24, 2.45) is 56.7 Å². The second kappa shape index (κ2) is 12.9. The van der Waals surface area contributed by atoms with Gasteiger partial charge in [-0.25, -0.2) is 4.79 Å². The minimum absolute atomic E-state index is 0.0550. The monoisotopic (exact) mass is 688 g/mol. The fourth-order valence-electron chi connectivity index (χ4n) is 13.1. The summed E-state index contributed by atoms with van der Waals surface area (Å²) in [7, 11) is 0. The molecular weight excluding hydrogens is 628 g/mol. The van der Waals surface area contributed by atoms with Gasteiger partial charge in [0.2, 0.25) is 0 Å². The molecule has 10 atom stereocenters. The Morgan fingerprint density at radius 2 is 1.52 bits per heavy atom. The Morgan fingerprint density at radius 1 is 0.820 bits per heavy atom. The number of aliphatic hydroxyl groups is 1. The molecule has 0 aliphatic heterocycles. The number of benzene rings is 1. The number of aliphatic hydroxyl groups excluding tert-OH is 1. The van der Waals surface area contributed by atoms with Crippen LogP contribution in [0.15, 0.2) is 36.4 Å². The van der Waals surface area contributed by atoms with Gasteiger partial charge in [-0.05, 0) is 146 Å². The summed E-state index contributed by atoms with van der Waals surface area (Å²) in [5.41, 5.74) is 2.42. The number of carbonyl (C=O) groups is 3. The van der Waals surface area contributed by atoms with Crippen molar-refractivity contribution in [1.29, 1.82) is 0 Å². The fraction of sp³-hybridized carbons (Fsp3) is 0.698. The van der Waals surface area contributed by atoms with Gasteiger partial charge in [-0.15, -0.1) is 0 Å². The predicted molar refractivity (Wildman–Crippen MR) is 194 cm³/mol. The second-order valence-corrected chi connectivity index (χ2v) is 18.3. The molecule has 5 aliphatic carbocycles. The van der Waals surface area contributed by atoms with Gasteiger partial charge in [-0.3, -0.25) is 9.59 Å². The molecule has 0 unspecified atom stereocenters. The summed E-state index contributed by atoms with van der Waals surface area (Å²) in [6.45, 7) is 22.2. The van der Waals surface area contributed by atoms with Gasteiger partial charge in [0.1, 0.15) is 0 Å². The molecule has 274 valence electrons. The molecule has 1 aromatic carbocycles. The summed E-state index contributed by atoms with van der Waals surface area (Å²) in [5, 5.41) is 11.1. The van der Waals surface area contributed by atoms with Crippen molar-refractivity contribution in [3.05, 3.63) is 42.0 Å². The molecule has 5 aliphatic rings. The fourth-order valence-corrected chi connectivity index (χ4v) is 13.1. The zero-order valence-electron chi connectivity index (χ0n) is 31.7. The lowest BCUT2D eigenvalue weighted by Crippen LogP contribution is -2.66. The standard InChI is InChI=1S/C43H60O7/c1-26(2)30-16-21-43(25-48-37(47)15-11-29-10-13-32(49-27(3)44)33(24-29)50-28(4)45)23-22-41(8)31(38(30)43)12-14-35-40(7)19-18-36(46)39(5,6)34(40)17-20-42(35,41)9/h10-11,13,15,24,30-31,34-36,38,46H,1,12,14,16-23,25H2,2-9H3/t30-,31+,34-,35+,36-,38+,40-,41+,42+,43+/m0/s1. The van der Waals surface area contributed by atoms with E-state index in [1.807, 2.05) is 0 Å². The van der Waals surface area contributed by atoms with E-state index in [-0.39, 0.29) is 44.7 Å². The molecule has 1 N–H and O–H groups in total. The number of hydrogen-bond acceptors (Lipinski definition) is 7. The van der Waals surface area contributed by atoms with E-state index >= 15 is 0 Å². The normalized spacial score (nSPS) is 40.1. The van der Waals surface area contributed by atoms with E-state index in [1.165, 1.54) is 51.2 Å². The maximum absolute atomic E-state index is 13.3. The lowest BCUT2D eigenvalue weighted by molar-refractivity contribution is -0.249. The van der Waals surface area contributed by atoms with Gasteiger partial charge in [-0.1, -0.05) is 52.8 Å². The smallest absolute Gasteiger partial charge is 0.330 e. The van der Waals surface area contributed by atoms with Gasteiger partial charge in [0, 0.05) is 25.3 Å². The molecule has 0 bridgehead atoms. The van der Waals surface area contributed by atoms with Crippen LogP contribution in [0.2, 0.25) is 0 Å². The first kappa shape index (κ1) is 36.8. The number of esters is 3. The molecule has 5 saturated carbocycles. The summed E-state index contributed by atoms with van der Waals surface area (Å²) in [4.78, 5) is 36.4. The van der Waals surface area contributed by atoms with Crippen LogP contribution in [0.5, 0.6) is 11.5 Å². The Hall–Kier alpha value is -2.93. The first-order chi connectivity index (χ1) is 23.4. The Labute approximate surface area is 299 Å². The van der Waals surface area contributed by atoms with Crippen LogP contribution < -0.4 is 9.47 Å². The summed E-state index contributed by atoms with van der Waals surface area (Å²) in [5.74, 6) is 1.40. The quantitative estimate of drug-likeness (QED) is 0.132. The maximum Gasteiger partial charge on any atom is 0.330 e. The number of ether oxygens (including phenoxy) is 3. The molecular formula is C43H60O7. The molecule has 1 aromatic rings. The molecule has 5 fully saturated rings. The maximum atomic E-state index is 13.3. The minimum Gasteiger partial charge on any atom is -0.462 e. The van der Waals surface area contributed by atoms with E-state index in [2.05, 4.69) is 48.1 Å². The molecule has 0 saturated heterocycles. The van der Waals surface area contributed by atoms with E-state index in [0.717, 1.165) is 38.5 Å². The summed E-state index contributed by atoms with van der Waals surface area (Å²) < 4.78 is 16.6. The van der Waals surface area contributed by atoms with E-state index in [4.69, 9.17) is 14.2 Å². The van der Waals surface area contributed by atoms with Gasteiger partial charge < -0.3 is 19.3 Å². The second-order valence-electron chi connectivity index (χ2n) is 18.3. The van der Waals surface area contributed by atoms with Crippen LogP contribution in [0.3, 0.4) is 0 Å². The van der Waals surface area contributed by atoms with E-state index in [1.54, 1.807) is 24.3 Å². The Balaban J connectivity index is 1.22. The largest absolute Gasteiger partial charge is 0.462 e. The highest BCUT2D eigenvalue weighted by Gasteiger charge is 2.71. The molecule has 0 radical (unpaired) electrons. The molecule has 7 nitrogen and oxygen atoms in total.